The third-order valence-corrected chi connectivity index (χ3v) is 9.11. The van der Waals surface area contributed by atoms with E-state index in [1.807, 2.05) is 23.1 Å². The number of hydrogen-bond donors (Lipinski definition) is 2. The van der Waals surface area contributed by atoms with Crippen molar-refractivity contribution in [3.8, 4) is 23.0 Å². The van der Waals surface area contributed by atoms with Crippen LogP contribution in [0.3, 0.4) is 0 Å². The standard InChI is InChI=1S/C27H32ClN9O3S/c1-18(38)35-8-5-23(17-35)30-13-19-3-4-25(24(28)11-19)37-16-21(15-32-37)26-20(12-29)14-31-27(34-26)33-22-6-9-36(10-7-22)41(2,39)40/h3-4,11,14-16,22-23,30H,5-10,13,17H2,1-2H3,(H,31,33,34). The first kappa shape index (κ1) is 28.9. The molecule has 5 rings (SSSR count). The Morgan fingerprint density at radius 3 is 2.59 bits per heavy atom. The minimum absolute atomic E-state index is 0.0186. The van der Waals surface area contributed by atoms with Gasteiger partial charge in [0.1, 0.15) is 6.07 Å². The van der Waals surface area contributed by atoms with Crippen molar-refractivity contribution >= 4 is 33.5 Å². The van der Waals surface area contributed by atoms with Crippen LogP contribution in [0.2, 0.25) is 5.02 Å². The summed E-state index contributed by atoms with van der Waals surface area (Å²) in [6.07, 6.45) is 8.28. The monoisotopic (exact) mass is 597 g/mol. The Bertz CT molecular complexity index is 1580. The molecule has 4 heterocycles. The van der Waals surface area contributed by atoms with Gasteiger partial charge >= 0.3 is 0 Å². The number of aromatic nitrogens is 4. The molecule has 12 nitrogen and oxygen atoms in total. The summed E-state index contributed by atoms with van der Waals surface area (Å²) in [5.74, 6) is 0.469. The number of rotatable bonds is 8. The van der Waals surface area contributed by atoms with Gasteiger partial charge in [0.2, 0.25) is 21.9 Å². The van der Waals surface area contributed by atoms with E-state index in [1.54, 1.807) is 24.0 Å². The Morgan fingerprint density at radius 1 is 1.17 bits per heavy atom. The molecule has 2 saturated heterocycles. The fourth-order valence-electron chi connectivity index (χ4n) is 5.17. The minimum atomic E-state index is -3.21. The van der Waals surface area contributed by atoms with E-state index in [4.69, 9.17) is 11.6 Å². The van der Waals surface area contributed by atoms with Crippen LogP contribution in [0.15, 0.2) is 36.8 Å². The van der Waals surface area contributed by atoms with E-state index >= 15 is 0 Å². The molecule has 14 heteroatoms. The Balaban J connectivity index is 1.26. The molecular formula is C27H32ClN9O3S. The average molecular weight is 598 g/mol. The predicted octanol–water partition coefficient (Wildman–Crippen LogP) is 2.40. The predicted molar refractivity (Wildman–Crippen MR) is 155 cm³/mol. The van der Waals surface area contributed by atoms with E-state index in [0.29, 0.717) is 72.5 Å². The highest BCUT2D eigenvalue weighted by Gasteiger charge is 2.26. The summed E-state index contributed by atoms with van der Waals surface area (Å²) in [7, 11) is -3.21. The highest BCUT2D eigenvalue weighted by molar-refractivity contribution is 7.88. The molecule has 3 aromatic rings. The number of nitriles is 1. The topological polar surface area (TPSA) is 149 Å². The van der Waals surface area contributed by atoms with E-state index in [-0.39, 0.29) is 18.0 Å². The molecule has 0 aliphatic carbocycles. The van der Waals surface area contributed by atoms with Crippen molar-refractivity contribution in [3.05, 3.63) is 52.9 Å². The van der Waals surface area contributed by atoms with Crippen LogP contribution in [-0.4, -0.2) is 87.8 Å². The number of sulfonamides is 1. The fraction of sp³-hybridized carbons (Fsp3) is 0.444. The molecule has 1 aromatic carbocycles. The van der Waals surface area contributed by atoms with Crippen molar-refractivity contribution in [1.82, 2.24) is 34.3 Å². The highest BCUT2D eigenvalue weighted by atomic mass is 35.5. The second kappa shape index (κ2) is 12.1. The van der Waals surface area contributed by atoms with Crippen molar-refractivity contribution < 1.29 is 13.2 Å². The Morgan fingerprint density at radius 2 is 1.93 bits per heavy atom. The van der Waals surface area contributed by atoms with Crippen molar-refractivity contribution in [2.45, 2.75) is 44.8 Å². The summed E-state index contributed by atoms with van der Waals surface area (Å²) in [6, 6.07) is 8.19. The fourth-order valence-corrected chi connectivity index (χ4v) is 6.33. The summed E-state index contributed by atoms with van der Waals surface area (Å²) >= 11 is 6.64. The van der Waals surface area contributed by atoms with Gasteiger partial charge in [-0.1, -0.05) is 17.7 Å². The molecule has 1 unspecified atom stereocenters. The van der Waals surface area contributed by atoms with Gasteiger partial charge in [-0.25, -0.2) is 27.4 Å². The number of likely N-dealkylation sites (tertiary alicyclic amines) is 1. The molecule has 0 radical (unpaired) electrons. The third-order valence-electron chi connectivity index (χ3n) is 7.51. The van der Waals surface area contributed by atoms with Crippen molar-refractivity contribution in [2.75, 3.05) is 37.8 Å². The lowest BCUT2D eigenvalue weighted by molar-refractivity contribution is -0.127. The number of anilines is 1. The molecule has 2 aliphatic rings. The van der Waals surface area contributed by atoms with Crippen LogP contribution in [0.5, 0.6) is 0 Å². The lowest BCUT2D eigenvalue weighted by atomic mass is 10.1. The number of carbonyl (C=O) groups excluding carboxylic acids is 1. The van der Waals surface area contributed by atoms with E-state index in [2.05, 4.69) is 31.8 Å². The molecular weight excluding hydrogens is 566 g/mol. The van der Waals surface area contributed by atoms with E-state index in [9.17, 15) is 18.5 Å². The molecule has 0 spiro atoms. The Kier molecular flexibility index (Phi) is 8.55. The SMILES string of the molecule is CC(=O)N1CCC(NCc2ccc(-n3cc(-c4nc(NC5CCN(S(C)(=O)=O)CC5)ncc4C#N)cn3)c(Cl)c2)C1. The number of benzene rings is 1. The van der Waals surface area contributed by atoms with Gasteiger partial charge in [0, 0.05) is 63.5 Å². The summed E-state index contributed by atoms with van der Waals surface area (Å²) in [5.41, 5.74) is 3.10. The number of halogens is 1. The first-order valence-corrected chi connectivity index (χ1v) is 15.6. The van der Waals surface area contributed by atoms with Gasteiger partial charge in [-0.15, -0.1) is 0 Å². The third kappa shape index (κ3) is 6.84. The van der Waals surface area contributed by atoms with E-state index < -0.39 is 10.0 Å². The maximum Gasteiger partial charge on any atom is 0.223 e. The minimum Gasteiger partial charge on any atom is -0.351 e. The summed E-state index contributed by atoms with van der Waals surface area (Å²) < 4.78 is 26.7. The van der Waals surface area contributed by atoms with Crippen LogP contribution >= 0.6 is 11.6 Å². The number of hydrogen-bond acceptors (Lipinski definition) is 9. The number of piperidine rings is 1. The zero-order valence-corrected chi connectivity index (χ0v) is 24.5. The number of nitrogens with one attached hydrogen (secondary N) is 2. The van der Waals surface area contributed by atoms with Gasteiger partial charge < -0.3 is 15.5 Å². The molecule has 0 saturated carbocycles. The van der Waals surface area contributed by atoms with Gasteiger partial charge in [-0.05, 0) is 37.0 Å². The zero-order valence-electron chi connectivity index (χ0n) is 22.9. The molecule has 2 aromatic heterocycles. The highest BCUT2D eigenvalue weighted by Crippen LogP contribution is 2.27. The lowest BCUT2D eigenvalue weighted by Crippen LogP contribution is -2.42. The quantitative estimate of drug-likeness (QED) is 0.399. The molecule has 2 fully saturated rings. The van der Waals surface area contributed by atoms with Crippen LogP contribution in [0.25, 0.3) is 16.9 Å². The first-order chi connectivity index (χ1) is 19.6. The largest absolute Gasteiger partial charge is 0.351 e. The number of carbonyl (C=O) groups is 1. The van der Waals surface area contributed by atoms with E-state index in [1.165, 1.54) is 16.8 Å². The van der Waals surface area contributed by atoms with Gasteiger partial charge in [-0.2, -0.15) is 10.4 Å². The molecule has 1 amide bonds. The van der Waals surface area contributed by atoms with Crippen molar-refractivity contribution in [2.24, 2.45) is 0 Å². The van der Waals surface area contributed by atoms with Crippen molar-refractivity contribution in [1.29, 1.82) is 5.26 Å². The normalized spacial score (nSPS) is 18.4. The van der Waals surface area contributed by atoms with Gasteiger partial charge in [0.05, 0.1) is 40.6 Å². The summed E-state index contributed by atoms with van der Waals surface area (Å²) in [5, 5.41) is 21.5. The van der Waals surface area contributed by atoms with Gasteiger partial charge in [-0.3, -0.25) is 4.79 Å². The van der Waals surface area contributed by atoms with Crippen LogP contribution in [0, 0.1) is 11.3 Å². The maximum absolute atomic E-state index is 11.8. The molecule has 2 aliphatic heterocycles. The molecule has 2 N–H and O–H groups in total. The molecule has 0 bridgehead atoms. The molecule has 41 heavy (non-hydrogen) atoms. The average Bonchev–Trinajstić information content (AvgIpc) is 3.62. The smallest absolute Gasteiger partial charge is 0.223 e. The van der Waals surface area contributed by atoms with Crippen LogP contribution in [0.1, 0.15) is 37.3 Å². The van der Waals surface area contributed by atoms with E-state index in [0.717, 1.165) is 18.5 Å². The molecule has 1 atom stereocenters. The van der Waals surface area contributed by atoms with Crippen LogP contribution < -0.4 is 10.6 Å². The molecule has 216 valence electrons. The first-order valence-electron chi connectivity index (χ1n) is 13.4. The number of amides is 1. The Labute approximate surface area is 244 Å². The number of nitrogens with zero attached hydrogens (tertiary/aromatic N) is 7. The zero-order chi connectivity index (χ0) is 29.1. The summed E-state index contributed by atoms with van der Waals surface area (Å²) in [4.78, 5) is 22.3. The van der Waals surface area contributed by atoms with Gasteiger partial charge in [0.15, 0.2) is 0 Å². The Hall–Kier alpha value is -3.57. The van der Waals surface area contributed by atoms with Crippen LogP contribution in [0.4, 0.5) is 5.95 Å². The lowest BCUT2D eigenvalue weighted by Gasteiger charge is -2.30. The summed E-state index contributed by atoms with van der Waals surface area (Å²) in [6.45, 7) is 4.58. The van der Waals surface area contributed by atoms with Crippen LogP contribution in [-0.2, 0) is 21.4 Å². The second-order valence-corrected chi connectivity index (χ2v) is 12.8. The maximum atomic E-state index is 11.8. The van der Waals surface area contributed by atoms with Crippen molar-refractivity contribution in [3.63, 3.8) is 0 Å². The second-order valence-electron chi connectivity index (χ2n) is 10.4. The van der Waals surface area contributed by atoms with Gasteiger partial charge in [0.25, 0.3) is 0 Å².